The highest BCUT2D eigenvalue weighted by Gasteiger charge is 2.44. The minimum Gasteiger partial charge on any atom is -0.379 e. The Bertz CT molecular complexity index is 1230. The second-order valence-electron chi connectivity index (χ2n) is 10.2. The standard InChI is InChI=1S/C28H35N5O3/c34-27-25-21-17-32(23-7-3-1-5-19(21)23)13-9-29-11-15-36-16-12-30-10-14-33-18-22(26(25)28(35)31-27)20-6-2-4-8-24(20)33/h1,3,5,7,17-18,20,24,29-30H,2,4,6,8-16H2,(H,31,34,35)/t20-,24?/m1/s1. The van der Waals surface area contributed by atoms with Crippen LogP contribution in [0.2, 0.25) is 0 Å². The maximum absolute atomic E-state index is 13.3. The molecule has 1 aromatic heterocycles. The molecule has 2 atom stereocenters. The van der Waals surface area contributed by atoms with Gasteiger partial charge in [0, 0.05) is 80.1 Å². The molecular formula is C28H35N5O3. The first-order valence-electron chi connectivity index (χ1n) is 13.4. The van der Waals surface area contributed by atoms with Crippen LogP contribution in [0, 0.1) is 5.92 Å². The first-order valence-corrected chi connectivity index (χ1v) is 13.4. The van der Waals surface area contributed by atoms with Crippen LogP contribution in [-0.4, -0.2) is 73.3 Å². The Morgan fingerprint density at radius 2 is 1.61 bits per heavy atom. The fourth-order valence-corrected chi connectivity index (χ4v) is 6.39. The summed E-state index contributed by atoms with van der Waals surface area (Å²) in [5.74, 6) is -0.258. The number of aromatic nitrogens is 1. The zero-order valence-corrected chi connectivity index (χ0v) is 20.7. The number of carbonyl (C=O) groups excluding carboxylic acids is 2. The molecule has 1 fully saturated rings. The molecule has 0 radical (unpaired) electrons. The third-order valence-electron chi connectivity index (χ3n) is 8.06. The molecule has 4 aliphatic rings. The molecule has 3 aliphatic heterocycles. The molecule has 2 amide bonds. The lowest BCUT2D eigenvalue weighted by Gasteiger charge is -2.34. The van der Waals surface area contributed by atoms with Gasteiger partial charge in [-0.2, -0.15) is 0 Å². The summed E-state index contributed by atoms with van der Waals surface area (Å²) in [7, 11) is 0. The summed E-state index contributed by atoms with van der Waals surface area (Å²) in [5, 5.41) is 10.6. The lowest BCUT2D eigenvalue weighted by atomic mass is 9.78. The van der Waals surface area contributed by atoms with E-state index in [1.165, 1.54) is 6.42 Å². The van der Waals surface area contributed by atoms with Crippen molar-refractivity contribution in [2.75, 3.05) is 45.9 Å². The normalized spacial score (nSPS) is 26.1. The van der Waals surface area contributed by atoms with E-state index < -0.39 is 0 Å². The molecule has 0 saturated heterocycles. The lowest BCUT2D eigenvalue weighted by molar-refractivity contribution is -0.123. The maximum atomic E-state index is 13.3. The molecule has 0 spiro atoms. The van der Waals surface area contributed by atoms with Gasteiger partial charge in [0.1, 0.15) is 0 Å². The van der Waals surface area contributed by atoms with Crippen molar-refractivity contribution in [3.8, 4) is 0 Å². The Hall–Kier alpha value is -2.94. The van der Waals surface area contributed by atoms with E-state index in [4.69, 9.17) is 4.74 Å². The number of nitrogens with one attached hydrogen (secondary N) is 3. The molecule has 8 heteroatoms. The first-order chi connectivity index (χ1) is 17.7. The van der Waals surface area contributed by atoms with Gasteiger partial charge < -0.3 is 24.8 Å². The van der Waals surface area contributed by atoms with E-state index in [-0.39, 0.29) is 17.7 Å². The van der Waals surface area contributed by atoms with E-state index in [0.717, 1.165) is 80.6 Å². The van der Waals surface area contributed by atoms with E-state index in [1.54, 1.807) is 0 Å². The van der Waals surface area contributed by atoms with Crippen LogP contribution in [0.4, 0.5) is 0 Å². The number of nitrogens with zero attached hydrogens (tertiary/aromatic N) is 2. The molecule has 2 aromatic rings. The van der Waals surface area contributed by atoms with Crippen molar-refractivity contribution in [1.82, 2.24) is 25.4 Å². The van der Waals surface area contributed by atoms with Crippen molar-refractivity contribution in [2.45, 2.75) is 38.3 Å². The summed E-state index contributed by atoms with van der Waals surface area (Å²) >= 11 is 0. The SMILES string of the molecule is O=C1NC(=O)C2=C1C1=CN(CCNCCOCCNCCn3cc2c2ccccc23)C2CCCC[C@H]12. The van der Waals surface area contributed by atoms with Crippen LogP contribution in [0.25, 0.3) is 16.5 Å². The zero-order chi connectivity index (χ0) is 24.5. The number of hydrogen-bond acceptors (Lipinski definition) is 6. The van der Waals surface area contributed by atoms with Crippen LogP contribution in [0.1, 0.15) is 31.2 Å². The highest BCUT2D eigenvalue weighted by molar-refractivity contribution is 6.38. The van der Waals surface area contributed by atoms with E-state index in [9.17, 15) is 9.59 Å². The smallest absolute Gasteiger partial charge is 0.259 e. The quantitative estimate of drug-likeness (QED) is 0.491. The van der Waals surface area contributed by atoms with E-state index in [2.05, 4.69) is 49.9 Å². The Morgan fingerprint density at radius 1 is 0.861 bits per heavy atom. The number of ether oxygens (including phenoxy) is 1. The van der Waals surface area contributed by atoms with Crippen LogP contribution in [0.5, 0.6) is 0 Å². The molecule has 1 saturated carbocycles. The predicted molar refractivity (Wildman–Crippen MR) is 139 cm³/mol. The number of amides is 2. The number of para-hydroxylation sites is 1. The van der Waals surface area contributed by atoms with Crippen molar-refractivity contribution in [3.63, 3.8) is 0 Å². The molecule has 1 aromatic carbocycles. The number of fused-ring (bicyclic) bond motifs is 11. The molecule has 1 unspecified atom stereocenters. The number of carbonyl (C=O) groups is 2. The van der Waals surface area contributed by atoms with Gasteiger partial charge in [-0.05, 0) is 24.5 Å². The Balaban J connectivity index is 1.46. The van der Waals surface area contributed by atoms with Crippen LogP contribution >= 0.6 is 0 Å². The molecule has 1 aliphatic carbocycles. The topological polar surface area (TPSA) is 87.6 Å². The van der Waals surface area contributed by atoms with Gasteiger partial charge in [0.25, 0.3) is 11.8 Å². The number of imide groups is 1. The zero-order valence-electron chi connectivity index (χ0n) is 20.7. The maximum Gasteiger partial charge on any atom is 0.259 e. The number of hydrogen-bond donors (Lipinski definition) is 3. The molecule has 4 heterocycles. The Kier molecular flexibility index (Phi) is 6.65. The molecule has 3 N–H and O–H groups in total. The molecule has 36 heavy (non-hydrogen) atoms. The van der Waals surface area contributed by atoms with Gasteiger partial charge in [-0.1, -0.05) is 31.0 Å². The minimum atomic E-state index is -0.285. The molecule has 190 valence electrons. The predicted octanol–water partition coefficient (Wildman–Crippen LogP) is 2.02. The van der Waals surface area contributed by atoms with Gasteiger partial charge in [0.15, 0.2) is 0 Å². The lowest BCUT2D eigenvalue weighted by Crippen LogP contribution is -2.39. The summed E-state index contributed by atoms with van der Waals surface area (Å²) in [5.41, 5.74) is 4.07. The minimum absolute atomic E-state index is 0.257. The Morgan fingerprint density at radius 3 is 2.47 bits per heavy atom. The average Bonchev–Trinajstić information content (AvgIpc) is 3.52. The van der Waals surface area contributed by atoms with Crippen molar-refractivity contribution in [1.29, 1.82) is 0 Å². The van der Waals surface area contributed by atoms with Gasteiger partial charge in [0.2, 0.25) is 0 Å². The monoisotopic (exact) mass is 489 g/mol. The fraction of sp³-hybridized carbons (Fsp3) is 0.500. The second kappa shape index (κ2) is 10.2. The molecular weight excluding hydrogens is 454 g/mol. The van der Waals surface area contributed by atoms with Gasteiger partial charge in [-0.15, -0.1) is 0 Å². The van der Waals surface area contributed by atoms with E-state index in [0.29, 0.717) is 30.4 Å². The largest absolute Gasteiger partial charge is 0.379 e. The van der Waals surface area contributed by atoms with Crippen molar-refractivity contribution >= 4 is 28.3 Å². The summed E-state index contributed by atoms with van der Waals surface area (Å²) in [6, 6.07) is 8.56. The number of rotatable bonds is 0. The fourth-order valence-electron chi connectivity index (χ4n) is 6.39. The van der Waals surface area contributed by atoms with E-state index in [1.807, 2.05) is 12.1 Å². The Labute approximate surface area is 211 Å². The van der Waals surface area contributed by atoms with Crippen molar-refractivity contribution < 1.29 is 14.3 Å². The van der Waals surface area contributed by atoms with Crippen LogP contribution in [0.15, 0.2) is 47.8 Å². The molecule has 4 bridgehead atoms. The third-order valence-corrected chi connectivity index (χ3v) is 8.06. The van der Waals surface area contributed by atoms with Gasteiger partial charge in [0.05, 0.1) is 24.4 Å². The van der Waals surface area contributed by atoms with Crippen LogP contribution < -0.4 is 16.0 Å². The van der Waals surface area contributed by atoms with Gasteiger partial charge >= 0.3 is 0 Å². The van der Waals surface area contributed by atoms with Crippen LogP contribution in [-0.2, 0) is 20.9 Å². The van der Waals surface area contributed by atoms with Crippen molar-refractivity contribution in [3.05, 3.63) is 53.4 Å². The second-order valence-corrected chi connectivity index (χ2v) is 10.2. The van der Waals surface area contributed by atoms with Crippen LogP contribution in [0.3, 0.4) is 0 Å². The highest BCUT2D eigenvalue weighted by atomic mass is 16.5. The first kappa shape index (κ1) is 23.5. The molecule has 6 rings (SSSR count). The summed E-state index contributed by atoms with van der Waals surface area (Å²) < 4.78 is 7.96. The molecule has 8 nitrogen and oxygen atoms in total. The number of benzene rings is 1. The van der Waals surface area contributed by atoms with Gasteiger partial charge in [-0.3, -0.25) is 14.9 Å². The van der Waals surface area contributed by atoms with E-state index >= 15 is 0 Å². The third kappa shape index (κ3) is 4.27. The summed E-state index contributed by atoms with van der Waals surface area (Å²) in [4.78, 5) is 29.0. The van der Waals surface area contributed by atoms with Gasteiger partial charge in [-0.25, -0.2) is 0 Å². The highest BCUT2D eigenvalue weighted by Crippen LogP contribution is 2.45. The summed E-state index contributed by atoms with van der Waals surface area (Å²) in [6.07, 6.45) is 8.78. The van der Waals surface area contributed by atoms with Crippen molar-refractivity contribution in [2.24, 2.45) is 5.92 Å². The summed E-state index contributed by atoms with van der Waals surface area (Å²) in [6.45, 7) is 6.29. The average molecular weight is 490 g/mol.